The molecule has 0 aromatic rings. The minimum atomic E-state index is 0.768. The maximum absolute atomic E-state index is 5.52. The number of alkyl halides is 2. The highest BCUT2D eigenvalue weighted by atomic mass is 79.9. The summed E-state index contributed by atoms with van der Waals surface area (Å²) >= 11 is 8.91. The van der Waals surface area contributed by atoms with Crippen molar-refractivity contribution >= 4 is 27.5 Å². The molecule has 0 heterocycles. The van der Waals surface area contributed by atoms with Crippen molar-refractivity contribution < 1.29 is 0 Å². The quantitative estimate of drug-likeness (QED) is 0.494. The Bertz CT molecular complexity index is 88.9. The van der Waals surface area contributed by atoms with Crippen LogP contribution in [0.4, 0.5) is 0 Å². The van der Waals surface area contributed by atoms with Crippen LogP contribution >= 0.6 is 27.5 Å². The van der Waals surface area contributed by atoms with Crippen molar-refractivity contribution in [1.82, 2.24) is 0 Å². The largest absolute Gasteiger partial charge is 0.127 e. The fourth-order valence-corrected chi connectivity index (χ4v) is 1.32. The van der Waals surface area contributed by atoms with Gasteiger partial charge in [0.1, 0.15) is 0 Å². The first-order valence-corrected chi connectivity index (χ1v) is 4.76. The summed E-state index contributed by atoms with van der Waals surface area (Å²) in [6.45, 7) is 2.06. The van der Waals surface area contributed by atoms with Gasteiger partial charge in [0.2, 0.25) is 0 Å². The van der Waals surface area contributed by atoms with Gasteiger partial charge in [0.15, 0.2) is 0 Å². The van der Waals surface area contributed by atoms with Crippen LogP contribution in [0.3, 0.4) is 0 Å². The van der Waals surface area contributed by atoms with E-state index in [-0.39, 0.29) is 0 Å². The lowest BCUT2D eigenvalue weighted by Gasteiger charge is -1.98. The lowest BCUT2D eigenvalue weighted by Crippen LogP contribution is -1.84. The van der Waals surface area contributed by atoms with Crippen molar-refractivity contribution in [3.8, 4) is 0 Å². The first-order valence-electron chi connectivity index (χ1n) is 3.11. The Labute approximate surface area is 70.4 Å². The Kier molecular flexibility index (Phi) is 7.00. The average molecular weight is 212 g/mol. The first kappa shape index (κ1) is 9.51. The third-order valence-corrected chi connectivity index (χ3v) is 2.20. The second-order valence-electron chi connectivity index (χ2n) is 1.87. The van der Waals surface area contributed by atoms with E-state index in [0.717, 1.165) is 24.1 Å². The number of hydrogen-bond acceptors (Lipinski definition) is 0. The summed E-state index contributed by atoms with van der Waals surface area (Å²) in [5, 5.41) is 0.986. The first-order chi connectivity index (χ1) is 4.35. The van der Waals surface area contributed by atoms with Gasteiger partial charge in [0, 0.05) is 11.2 Å². The summed E-state index contributed by atoms with van der Waals surface area (Å²) in [6.07, 6.45) is 4.36. The van der Waals surface area contributed by atoms with Gasteiger partial charge < -0.3 is 0 Å². The third-order valence-electron chi connectivity index (χ3n) is 1.21. The Morgan fingerprint density at radius 2 is 2.33 bits per heavy atom. The monoisotopic (exact) mass is 210 g/mol. The second-order valence-corrected chi connectivity index (χ2v) is 2.81. The van der Waals surface area contributed by atoms with Gasteiger partial charge in [-0.05, 0) is 19.8 Å². The molecule has 0 spiro atoms. The molecule has 0 atom stereocenters. The van der Waals surface area contributed by atoms with Gasteiger partial charge in [-0.2, -0.15) is 0 Å². The van der Waals surface area contributed by atoms with E-state index in [0.29, 0.717) is 0 Å². The molecule has 0 fully saturated rings. The maximum atomic E-state index is 5.52. The van der Waals surface area contributed by atoms with Crippen LogP contribution in [0.1, 0.15) is 19.8 Å². The van der Waals surface area contributed by atoms with Gasteiger partial charge in [0.25, 0.3) is 0 Å². The molecular weight excluding hydrogens is 199 g/mol. The summed E-state index contributed by atoms with van der Waals surface area (Å²) in [6, 6.07) is 0. The Balaban J connectivity index is 3.33. The zero-order valence-corrected chi connectivity index (χ0v) is 8.00. The molecule has 0 bridgehead atoms. The SMILES string of the molecule is C/C=C(/CBr)CCCCl. The van der Waals surface area contributed by atoms with Crippen molar-refractivity contribution in [1.29, 1.82) is 0 Å². The molecule has 0 unspecified atom stereocenters. The summed E-state index contributed by atoms with van der Waals surface area (Å²) in [7, 11) is 0. The van der Waals surface area contributed by atoms with Crippen LogP contribution in [0.5, 0.6) is 0 Å². The molecule has 0 rings (SSSR count). The van der Waals surface area contributed by atoms with Crippen LogP contribution in [0.2, 0.25) is 0 Å². The molecule has 0 aromatic carbocycles. The number of rotatable bonds is 4. The molecule has 2 heteroatoms. The molecule has 0 aliphatic carbocycles. The highest BCUT2D eigenvalue weighted by molar-refractivity contribution is 9.09. The van der Waals surface area contributed by atoms with Crippen LogP contribution in [0.15, 0.2) is 11.6 Å². The Morgan fingerprint density at radius 3 is 2.67 bits per heavy atom. The predicted molar refractivity (Wildman–Crippen MR) is 47.5 cm³/mol. The molecule has 9 heavy (non-hydrogen) atoms. The molecule has 0 N–H and O–H groups in total. The molecule has 0 saturated carbocycles. The van der Waals surface area contributed by atoms with Crippen LogP contribution in [-0.4, -0.2) is 11.2 Å². The fourth-order valence-electron chi connectivity index (χ4n) is 0.582. The molecule has 54 valence electrons. The zero-order valence-electron chi connectivity index (χ0n) is 5.66. The van der Waals surface area contributed by atoms with E-state index in [9.17, 15) is 0 Å². The van der Waals surface area contributed by atoms with Crippen molar-refractivity contribution in [2.24, 2.45) is 0 Å². The van der Waals surface area contributed by atoms with Gasteiger partial charge in [-0.3, -0.25) is 0 Å². The topological polar surface area (TPSA) is 0 Å². The zero-order chi connectivity index (χ0) is 7.11. The summed E-state index contributed by atoms with van der Waals surface area (Å²) in [5.41, 5.74) is 1.44. The fraction of sp³-hybridized carbons (Fsp3) is 0.714. The number of hydrogen-bond donors (Lipinski definition) is 0. The molecule has 0 amide bonds. The van der Waals surface area contributed by atoms with Crippen LogP contribution in [-0.2, 0) is 0 Å². The van der Waals surface area contributed by atoms with Gasteiger partial charge in [-0.1, -0.05) is 27.6 Å². The van der Waals surface area contributed by atoms with E-state index in [1.807, 2.05) is 0 Å². The molecule has 0 saturated heterocycles. The van der Waals surface area contributed by atoms with Gasteiger partial charge in [0.05, 0.1) is 0 Å². The molecule has 0 aliphatic rings. The van der Waals surface area contributed by atoms with E-state index in [4.69, 9.17) is 11.6 Å². The molecule has 0 radical (unpaired) electrons. The summed E-state index contributed by atoms with van der Waals surface area (Å²) in [4.78, 5) is 0. The lowest BCUT2D eigenvalue weighted by molar-refractivity contribution is 0.914. The van der Waals surface area contributed by atoms with E-state index >= 15 is 0 Å². The summed E-state index contributed by atoms with van der Waals surface area (Å²) < 4.78 is 0. The Hall–Kier alpha value is 0.510. The number of allylic oxidation sites excluding steroid dienone is 2. The highest BCUT2D eigenvalue weighted by Gasteiger charge is 1.91. The van der Waals surface area contributed by atoms with Crippen molar-refractivity contribution in [3.05, 3.63) is 11.6 Å². The highest BCUT2D eigenvalue weighted by Crippen LogP contribution is 2.08. The average Bonchev–Trinajstić information content (AvgIpc) is 1.91. The normalized spacial score (nSPS) is 12.1. The standard InChI is InChI=1S/C7H12BrCl/c1-2-7(6-8)4-3-5-9/h2H,3-6H2,1H3/b7-2+. The smallest absolute Gasteiger partial charge is 0.0241 e. The van der Waals surface area contributed by atoms with Crippen molar-refractivity contribution in [2.45, 2.75) is 19.8 Å². The van der Waals surface area contributed by atoms with Crippen LogP contribution in [0, 0.1) is 0 Å². The van der Waals surface area contributed by atoms with E-state index in [1.54, 1.807) is 0 Å². The second kappa shape index (κ2) is 6.63. The maximum Gasteiger partial charge on any atom is 0.0241 e. The summed E-state index contributed by atoms with van der Waals surface area (Å²) in [5.74, 6) is 0.768. The van der Waals surface area contributed by atoms with Gasteiger partial charge in [-0.15, -0.1) is 11.6 Å². The minimum Gasteiger partial charge on any atom is -0.127 e. The van der Waals surface area contributed by atoms with Crippen molar-refractivity contribution in [2.75, 3.05) is 11.2 Å². The lowest BCUT2D eigenvalue weighted by atomic mass is 10.2. The molecule has 0 aliphatic heterocycles. The van der Waals surface area contributed by atoms with E-state index in [1.165, 1.54) is 5.57 Å². The molecule has 0 nitrogen and oxygen atoms in total. The van der Waals surface area contributed by atoms with Gasteiger partial charge >= 0.3 is 0 Å². The van der Waals surface area contributed by atoms with E-state index in [2.05, 4.69) is 28.9 Å². The molecular formula is C7H12BrCl. The predicted octanol–water partition coefficient (Wildman–Crippen LogP) is 3.35. The van der Waals surface area contributed by atoms with Crippen LogP contribution < -0.4 is 0 Å². The van der Waals surface area contributed by atoms with E-state index < -0.39 is 0 Å². The van der Waals surface area contributed by atoms with Crippen molar-refractivity contribution in [3.63, 3.8) is 0 Å². The third kappa shape index (κ3) is 4.98. The Morgan fingerprint density at radius 1 is 1.67 bits per heavy atom. The van der Waals surface area contributed by atoms with Crippen LogP contribution in [0.25, 0.3) is 0 Å². The van der Waals surface area contributed by atoms with Gasteiger partial charge in [-0.25, -0.2) is 0 Å². The minimum absolute atomic E-state index is 0.768. The molecule has 0 aromatic heterocycles. The number of halogens is 2.